The van der Waals surface area contributed by atoms with Crippen LogP contribution in [0.4, 0.5) is 4.79 Å². The first kappa shape index (κ1) is 21.0. The molecule has 0 saturated carbocycles. The van der Waals surface area contributed by atoms with E-state index in [2.05, 4.69) is 24.4 Å². The van der Waals surface area contributed by atoms with Crippen molar-refractivity contribution in [3.05, 3.63) is 12.2 Å². The number of aliphatic hydroxyl groups excluding tert-OH is 1. The van der Waals surface area contributed by atoms with Crippen molar-refractivity contribution >= 4 is 6.09 Å². The molecule has 0 heterocycles. The van der Waals surface area contributed by atoms with E-state index < -0.39 is 5.60 Å². The SMILES string of the molecule is CC(O)C(C)CC=CCCCCCCNC(=O)OC(C)(C)C. The van der Waals surface area contributed by atoms with Crippen LogP contribution in [0.15, 0.2) is 12.2 Å². The molecule has 1 amide bonds. The molecule has 0 aromatic rings. The highest BCUT2D eigenvalue weighted by molar-refractivity contribution is 5.67. The van der Waals surface area contributed by atoms with Gasteiger partial charge in [-0.3, -0.25) is 0 Å². The van der Waals surface area contributed by atoms with E-state index in [-0.39, 0.29) is 12.2 Å². The van der Waals surface area contributed by atoms with Gasteiger partial charge >= 0.3 is 6.09 Å². The van der Waals surface area contributed by atoms with Crippen LogP contribution in [0.3, 0.4) is 0 Å². The molecular weight excluding hydrogens is 278 g/mol. The number of unbranched alkanes of at least 4 members (excludes halogenated alkanes) is 4. The fourth-order valence-corrected chi connectivity index (χ4v) is 1.87. The van der Waals surface area contributed by atoms with E-state index in [1.165, 1.54) is 12.8 Å². The average Bonchev–Trinajstić information content (AvgIpc) is 2.38. The molecule has 0 aliphatic rings. The first-order chi connectivity index (χ1) is 10.2. The first-order valence-corrected chi connectivity index (χ1v) is 8.52. The van der Waals surface area contributed by atoms with Gasteiger partial charge < -0.3 is 15.2 Å². The number of carbonyl (C=O) groups excluding carboxylic acids is 1. The number of hydrogen-bond donors (Lipinski definition) is 2. The first-order valence-electron chi connectivity index (χ1n) is 8.52. The zero-order chi connectivity index (χ0) is 17.0. The van der Waals surface area contributed by atoms with Crippen LogP contribution in [-0.2, 0) is 4.74 Å². The Hall–Kier alpha value is -1.03. The fraction of sp³-hybridized carbons (Fsp3) is 0.833. The molecule has 2 atom stereocenters. The molecule has 0 aliphatic carbocycles. The second-order valence-corrected chi connectivity index (χ2v) is 7.06. The maximum Gasteiger partial charge on any atom is 0.407 e. The molecule has 0 aliphatic heterocycles. The number of ether oxygens (including phenoxy) is 1. The molecule has 0 radical (unpaired) electrons. The Morgan fingerprint density at radius 1 is 1.14 bits per heavy atom. The minimum Gasteiger partial charge on any atom is -0.444 e. The molecule has 2 N–H and O–H groups in total. The average molecular weight is 313 g/mol. The summed E-state index contributed by atoms with van der Waals surface area (Å²) in [6.07, 6.45) is 10.3. The molecule has 22 heavy (non-hydrogen) atoms. The van der Waals surface area contributed by atoms with E-state index in [1.807, 2.05) is 27.7 Å². The van der Waals surface area contributed by atoms with Crippen LogP contribution in [0.25, 0.3) is 0 Å². The zero-order valence-corrected chi connectivity index (χ0v) is 15.0. The van der Waals surface area contributed by atoms with Crippen molar-refractivity contribution in [2.45, 2.75) is 84.8 Å². The number of amides is 1. The van der Waals surface area contributed by atoms with Gasteiger partial charge in [0.2, 0.25) is 0 Å². The lowest BCUT2D eigenvalue weighted by atomic mass is 10.0. The van der Waals surface area contributed by atoms with Crippen molar-refractivity contribution < 1.29 is 14.6 Å². The third-order valence-electron chi connectivity index (χ3n) is 3.46. The van der Waals surface area contributed by atoms with Crippen molar-refractivity contribution in [2.75, 3.05) is 6.54 Å². The van der Waals surface area contributed by atoms with Crippen LogP contribution in [0.2, 0.25) is 0 Å². The number of alkyl carbamates (subject to hydrolysis) is 1. The van der Waals surface area contributed by atoms with Crippen molar-refractivity contribution in [3.63, 3.8) is 0 Å². The lowest BCUT2D eigenvalue weighted by molar-refractivity contribution is 0.0527. The summed E-state index contributed by atoms with van der Waals surface area (Å²) in [4.78, 5) is 11.4. The molecule has 0 saturated heterocycles. The predicted octanol–water partition coefficient (Wildman–Crippen LogP) is 4.42. The topological polar surface area (TPSA) is 58.6 Å². The summed E-state index contributed by atoms with van der Waals surface area (Å²) in [6.45, 7) is 10.2. The summed E-state index contributed by atoms with van der Waals surface area (Å²) < 4.78 is 5.17. The molecule has 0 spiro atoms. The van der Waals surface area contributed by atoms with Gasteiger partial charge in [0.05, 0.1) is 6.10 Å². The summed E-state index contributed by atoms with van der Waals surface area (Å²) in [5.74, 6) is 0.329. The van der Waals surface area contributed by atoms with Crippen molar-refractivity contribution in [1.82, 2.24) is 5.32 Å². The smallest absolute Gasteiger partial charge is 0.407 e. The van der Waals surface area contributed by atoms with Crippen molar-refractivity contribution in [1.29, 1.82) is 0 Å². The Kier molecular flexibility index (Phi) is 11.0. The normalized spacial score (nSPS) is 14.8. The van der Waals surface area contributed by atoms with Gasteiger partial charge in [0, 0.05) is 6.54 Å². The van der Waals surface area contributed by atoms with Gasteiger partial charge in [0.25, 0.3) is 0 Å². The molecule has 0 aromatic carbocycles. The summed E-state index contributed by atoms with van der Waals surface area (Å²) in [7, 11) is 0. The van der Waals surface area contributed by atoms with Crippen LogP contribution in [0.1, 0.15) is 73.1 Å². The number of nitrogens with one attached hydrogen (secondary N) is 1. The Morgan fingerprint density at radius 2 is 1.77 bits per heavy atom. The van der Waals surface area contributed by atoms with Crippen LogP contribution in [-0.4, -0.2) is 29.4 Å². The van der Waals surface area contributed by atoms with E-state index in [4.69, 9.17) is 4.74 Å². The number of allylic oxidation sites excluding steroid dienone is 2. The number of hydrogen-bond acceptors (Lipinski definition) is 3. The molecule has 4 heteroatoms. The molecule has 4 nitrogen and oxygen atoms in total. The number of rotatable bonds is 10. The molecule has 0 rings (SSSR count). The quantitative estimate of drug-likeness (QED) is 0.463. The second kappa shape index (κ2) is 11.5. The summed E-state index contributed by atoms with van der Waals surface area (Å²) in [6, 6.07) is 0. The zero-order valence-electron chi connectivity index (χ0n) is 15.0. The maximum absolute atomic E-state index is 11.4. The van der Waals surface area contributed by atoms with E-state index in [0.717, 1.165) is 25.7 Å². The minimum atomic E-state index is -0.429. The minimum absolute atomic E-state index is 0.234. The van der Waals surface area contributed by atoms with E-state index in [9.17, 15) is 9.90 Å². The Labute approximate surface area is 136 Å². The van der Waals surface area contributed by atoms with Gasteiger partial charge in [-0.25, -0.2) is 4.79 Å². The molecule has 2 unspecified atom stereocenters. The highest BCUT2D eigenvalue weighted by atomic mass is 16.6. The van der Waals surface area contributed by atoms with E-state index in [0.29, 0.717) is 12.5 Å². The largest absolute Gasteiger partial charge is 0.444 e. The van der Waals surface area contributed by atoms with Gasteiger partial charge in [-0.05, 0) is 59.3 Å². The Bertz CT molecular complexity index is 319. The maximum atomic E-state index is 11.4. The van der Waals surface area contributed by atoms with Gasteiger partial charge in [-0.1, -0.05) is 31.9 Å². The number of aliphatic hydroxyl groups is 1. The third-order valence-corrected chi connectivity index (χ3v) is 3.46. The lowest BCUT2D eigenvalue weighted by Crippen LogP contribution is -2.32. The highest BCUT2D eigenvalue weighted by Crippen LogP contribution is 2.10. The van der Waals surface area contributed by atoms with Crippen molar-refractivity contribution in [2.24, 2.45) is 5.92 Å². The van der Waals surface area contributed by atoms with Gasteiger partial charge in [0.1, 0.15) is 5.60 Å². The Morgan fingerprint density at radius 3 is 2.36 bits per heavy atom. The summed E-state index contributed by atoms with van der Waals surface area (Å²) in [5, 5.41) is 12.1. The highest BCUT2D eigenvalue weighted by Gasteiger charge is 2.15. The van der Waals surface area contributed by atoms with Crippen LogP contribution >= 0.6 is 0 Å². The molecule has 0 fully saturated rings. The molecule has 0 bridgehead atoms. The molecule has 130 valence electrons. The third kappa shape index (κ3) is 13.9. The molecular formula is C18H35NO3. The van der Waals surface area contributed by atoms with Gasteiger partial charge in [-0.15, -0.1) is 0 Å². The lowest BCUT2D eigenvalue weighted by Gasteiger charge is -2.19. The standard InChI is InChI=1S/C18H35NO3/c1-15(16(2)20)13-11-9-7-6-8-10-12-14-19-17(21)22-18(3,4)5/h9,11,15-16,20H,6-8,10,12-14H2,1-5H3,(H,19,21). The summed E-state index contributed by atoms with van der Waals surface area (Å²) >= 11 is 0. The van der Waals surface area contributed by atoms with Crippen molar-refractivity contribution in [3.8, 4) is 0 Å². The fourth-order valence-electron chi connectivity index (χ4n) is 1.87. The van der Waals surface area contributed by atoms with E-state index >= 15 is 0 Å². The van der Waals surface area contributed by atoms with Gasteiger partial charge in [0.15, 0.2) is 0 Å². The monoisotopic (exact) mass is 313 g/mol. The number of carbonyl (C=O) groups is 1. The predicted molar refractivity (Wildman–Crippen MR) is 91.9 cm³/mol. The van der Waals surface area contributed by atoms with Crippen LogP contribution in [0, 0.1) is 5.92 Å². The molecule has 0 aromatic heterocycles. The Balaban J connectivity index is 3.41. The van der Waals surface area contributed by atoms with Crippen LogP contribution < -0.4 is 5.32 Å². The second-order valence-electron chi connectivity index (χ2n) is 7.06. The van der Waals surface area contributed by atoms with Crippen LogP contribution in [0.5, 0.6) is 0 Å². The van der Waals surface area contributed by atoms with Gasteiger partial charge in [-0.2, -0.15) is 0 Å². The van der Waals surface area contributed by atoms with E-state index in [1.54, 1.807) is 0 Å². The summed E-state index contributed by atoms with van der Waals surface area (Å²) in [5.41, 5.74) is -0.429.